The molecule has 0 spiro atoms. The number of hydrogen-bond donors (Lipinski definition) is 2. The third kappa shape index (κ3) is 1.83. The van der Waals surface area contributed by atoms with Gasteiger partial charge < -0.3 is 4.90 Å². The number of nitrogens with zero attached hydrogens (tertiary/aromatic N) is 1. The molecular formula is C16H28N3O2+. The molecule has 0 aromatic rings. The summed E-state index contributed by atoms with van der Waals surface area (Å²) in [6.45, 7) is 10.1. The topological polar surface area (TPSA) is 53.9 Å². The molecule has 2 aliphatic carbocycles. The number of ketones is 1. The Labute approximate surface area is 127 Å². The van der Waals surface area contributed by atoms with E-state index in [1.54, 1.807) is 0 Å². The number of carbonyl (C=O) groups excluding carboxylic acids is 2. The van der Waals surface area contributed by atoms with Gasteiger partial charge in [-0.3, -0.25) is 15.0 Å². The Hall–Kier alpha value is -0.940. The lowest BCUT2D eigenvalue weighted by Gasteiger charge is -2.40. The van der Waals surface area contributed by atoms with Crippen LogP contribution in [0, 0.1) is 16.2 Å². The molecule has 3 aliphatic rings. The van der Waals surface area contributed by atoms with Gasteiger partial charge in [0.1, 0.15) is 5.78 Å². The molecule has 0 aromatic carbocycles. The standard InChI is InChI=1S/C16H27N3O2/c1-14(2)15(3)5-6-16(14,11-12(15)20)13(21)17-19-9-7-18(4)8-10-19/h5-11H2,1-4H3,(H,17,21)/p+1/t15-,16-/m0/s1. The van der Waals surface area contributed by atoms with Crippen LogP contribution in [0.5, 0.6) is 0 Å². The fourth-order valence-electron chi connectivity index (χ4n) is 4.61. The van der Waals surface area contributed by atoms with E-state index in [1.165, 1.54) is 4.90 Å². The summed E-state index contributed by atoms with van der Waals surface area (Å²) in [4.78, 5) is 26.9. The van der Waals surface area contributed by atoms with E-state index in [-0.39, 0.29) is 22.5 Å². The van der Waals surface area contributed by atoms with Crippen molar-refractivity contribution in [1.82, 2.24) is 10.4 Å². The molecule has 0 unspecified atom stereocenters. The fraction of sp³-hybridized carbons (Fsp3) is 0.875. The monoisotopic (exact) mass is 294 g/mol. The molecule has 2 N–H and O–H groups in total. The van der Waals surface area contributed by atoms with E-state index < -0.39 is 5.41 Å². The Morgan fingerprint density at radius 1 is 1.19 bits per heavy atom. The second-order valence-corrected chi connectivity index (χ2v) is 8.02. The summed E-state index contributed by atoms with van der Waals surface area (Å²) in [7, 11) is 2.18. The lowest BCUT2D eigenvalue weighted by Crippen LogP contribution is -3.12. The van der Waals surface area contributed by atoms with Gasteiger partial charge in [-0.25, -0.2) is 5.01 Å². The van der Waals surface area contributed by atoms with Gasteiger partial charge in [-0.05, 0) is 18.3 Å². The van der Waals surface area contributed by atoms with Gasteiger partial charge in [0.25, 0.3) is 0 Å². The van der Waals surface area contributed by atoms with Crippen LogP contribution in [0.4, 0.5) is 0 Å². The van der Waals surface area contributed by atoms with Crippen LogP contribution in [0.1, 0.15) is 40.0 Å². The van der Waals surface area contributed by atoms with Crippen LogP contribution in [-0.4, -0.2) is 49.9 Å². The highest BCUT2D eigenvalue weighted by Crippen LogP contribution is 2.70. The summed E-state index contributed by atoms with van der Waals surface area (Å²) in [6, 6.07) is 0. The van der Waals surface area contributed by atoms with E-state index in [9.17, 15) is 9.59 Å². The molecule has 1 heterocycles. The van der Waals surface area contributed by atoms with Crippen molar-refractivity contribution in [2.45, 2.75) is 40.0 Å². The molecule has 5 nitrogen and oxygen atoms in total. The lowest BCUT2D eigenvalue weighted by atomic mass is 9.64. The Kier molecular flexibility index (Phi) is 3.23. The zero-order chi connectivity index (χ0) is 15.5. The minimum atomic E-state index is -0.505. The number of carbonyl (C=O) groups is 2. The third-order valence-corrected chi connectivity index (χ3v) is 7.02. The molecule has 1 aliphatic heterocycles. The van der Waals surface area contributed by atoms with E-state index in [0.717, 1.165) is 39.0 Å². The maximum atomic E-state index is 13.0. The largest absolute Gasteiger partial charge is 0.335 e. The van der Waals surface area contributed by atoms with Gasteiger partial charge in [0.15, 0.2) is 0 Å². The average molecular weight is 294 g/mol. The van der Waals surface area contributed by atoms with Crippen molar-refractivity contribution in [3.8, 4) is 0 Å². The van der Waals surface area contributed by atoms with Crippen molar-refractivity contribution < 1.29 is 14.5 Å². The van der Waals surface area contributed by atoms with E-state index in [4.69, 9.17) is 0 Å². The highest BCUT2D eigenvalue weighted by molar-refractivity contribution is 5.99. The van der Waals surface area contributed by atoms with Crippen LogP contribution in [0.25, 0.3) is 0 Å². The smallest absolute Gasteiger partial charge is 0.241 e. The van der Waals surface area contributed by atoms with Gasteiger partial charge in [-0.2, -0.15) is 0 Å². The summed E-state index contributed by atoms with van der Waals surface area (Å²) in [5.41, 5.74) is 2.04. The van der Waals surface area contributed by atoms with Gasteiger partial charge in [-0.1, -0.05) is 20.8 Å². The summed E-state index contributed by atoms with van der Waals surface area (Å²) in [5.74, 6) is 0.346. The zero-order valence-corrected chi connectivity index (χ0v) is 13.7. The molecule has 2 atom stereocenters. The van der Waals surface area contributed by atoms with Gasteiger partial charge in [0, 0.05) is 11.8 Å². The molecule has 0 radical (unpaired) electrons. The molecule has 3 rings (SSSR count). The van der Waals surface area contributed by atoms with Crippen LogP contribution >= 0.6 is 0 Å². The van der Waals surface area contributed by atoms with Gasteiger partial charge >= 0.3 is 0 Å². The molecule has 1 amide bonds. The second-order valence-electron chi connectivity index (χ2n) is 8.02. The van der Waals surface area contributed by atoms with Crippen molar-refractivity contribution in [2.75, 3.05) is 33.2 Å². The molecule has 1 saturated heterocycles. The highest BCUT2D eigenvalue weighted by Gasteiger charge is 2.72. The number of hydrazine groups is 1. The first kappa shape index (κ1) is 15.0. The quantitative estimate of drug-likeness (QED) is 0.731. The lowest BCUT2D eigenvalue weighted by molar-refractivity contribution is -0.884. The molecule has 3 fully saturated rings. The number of piperazine rings is 1. The van der Waals surface area contributed by atoms with E-state index in [1.807, 2.05) is 5.01 Å². The summed E-state index contributed by atoms with van der Waals surface area (Å²) < 4.78 is 0. The van der Waals surface area contributed by atoms with Gasteiger partial charge in [0.05, 0.1) is 38.6 Å². The van der Waals surface area contributed by atoms with Crippen LogP contribution in [0.3, 0.4) is 0 Å². The van der Waals surface area contributed by atoms with E-state index in [2.05, 4.69) is 33.2 Å². The fourth-order valence-corrected chi connectivity index (χ4v) is 4.61. The number of fused-ring (bicyclic) bond motifs is 2. The number of amides is 1. The first-order valence-electron chi connectivity index (χ1n) is 8.14. The summed E-state index contributed by atoms with van der Waals surface area (Å²) in [5, 5.41) is 2.04. The zero-order valence-electron chi connectivity index (χ0n) is 13.7. The molecule has 118 valence electrons. The first-order valence-corrected chi connectivity index (χ1v) is 8.14. The molecule has 0 aromatic heterocycles. The predicted molar refractivity (Wildman–Crippen MR) is 79.5 cm³/mol. The summed E-state index contributed by atoms with van der Waals surface area (Å²) in [6.07, 6.45) is 2.10. The van der Waals surface area contributed by atoms with Crippen molar-refractivity contribution in [3.63, 3.8) is 0 Å². The summed E-state index contributed by atoms with van der Waals surface area (Å²) >= 11 is 0. The highest BCUT2D eigenvalue weighted by atomic mass is 16.2. The third-order valence-electron chi connectivity index (χ3n) is 7.02. The van der Waals surface area contributed by atoms with Crippen LogP contribution < -0.4 is 10.3 Å². The van der Waals surface area contributed by atoms with Gasteiger partial charge in [0.2, 0.25) is 5.91 Å². The number of hydrogen-bond acceptors (Lipinski definition) is 3. The molecular weight excluding hydrogens is 266 g/mol. The number of nitrogens with one attached hydrogen (secondary N) is 2. The minimum absolute atomic E-state index is 0.0710. The SMILES string of the molecule is C[NH+]1CCN(NC(=O)[C@]23CC[C@@](C)(C(=O)C2)C3(C)C)CC1. The van der Waals surface area contributed by atoms with Gasteiger partial charge in [-0.15, -0.1) is 0 Å². The van der Waals surface area contributed by atoms with E-state index in [0.29, 0.717) is 6.42 Å². The molecule has 2 saturated carbocycles. The Balaban J connectivity index is 1.77. The second kappa shape index (κ2) is 4.53. The van der Waals surface area contributed by atoms with E-state index >= 15 is 0 Å². The maximum absolute atomic E-state index is 13.0. The molecule has 5 heteroatoms. The Morgan fingerprint density at radius 3 is 2.29 bits per heavy atom. The number of likely N-dealkylation sites (N-methyl/N-ethyl adjacent to an activating group) is 1. The Bertz CT molecular complexity index is 482. The normalized spacial score (nSPS) is 39.7. The maximum Gasteiger partial charge on any atom is 0.241 e. The molecule has 21 heavy (non-hydrogen) atoms. The van der Waals surface area contributed by atoms with Crippen molar-refractivity contribution in [1.29, 1.82) is 0 Å². The first-order chi connectivity index (χ1) is 9.73. The minimum Gasteiger partial charge on any atom is -0.335 e. The van der Waals surface area contributed by atoms with Crippen molar-refractivity contribution in [3.05, 3.63) is 0 Å². The molecule has 2 bridgehead atoms. The van der Waals surface area contributed by atoms with Crippen molar-refractivity contribution >= 4 is 11.7 Å². The number of rotatable bonds is 2. The number of Topliss-reactive ketones (excluding diaryl/α,β-unsaturated/α-hetero) is 1. The van der Waals surface area contributed by atoms with Crippen LogP contribution in [-0.2, 0) is 9.59 Å². The predicted octanol–water partition coefficient (Wildman–Crippen LogP) is -0.367. The van der Waals surface area contributed by atoms with Crippen LogP contribution in [0.2, 0.25) is 0 Å². The Morgan fingerprint density at radius 2 is 1.81 bits per heavy atom. The number of quaternary nitrogens is 1. The van der Waals surface area contributed by atoms with Crippen molar-refractivity contribution in [2.24, 2.45) is 16.2 Å². The average Bonchev–Trinajstić information content (AvgIpc) is 2.72. The van der Waals surface area contributed by atoms with Crippen LogP contribution in [0.15, 0.2) is 0 Å².